The third-order valence-electron chi connectivity index (χ3n) is 1.80. The monoisotopic (exact) mass is 6090 g/mol. The quantitative estimate of drug-likeness (QED) is 0.0895. The van der Waals surface area contributed by atoms with Gasteiger partial charge in [-0.25, -0.2) is 0 Å². The topological polar surface area (TPSA) is 0 Å². The Kier molecular flexibility index (Phi) is 84.1. The fraction of sp³-hybridized carbons (Fsp3) is 0. The van der Waals surface area contributed by atoms with Crippen LogP contribution in [0.1, 0.15) is 0 Å². The van der Waals surface area contributed by atoms with E-state index in [1.54, 1.807) is 0 Å². The predicted octanol–water partition coefficient (Wildman–Crippen LogP) is 38.4. The van der Waals surface area contributed by atoms with Gasteiger partial charge in [-0.3, -0.25) is 0 Å². The van der Waals surface area contributed by atoms with E-state index < -0.39 is 182 Å². The van der Waals surface area contributed by atoms with E-state index in [1.807, 2.05) is 0 Å². The van der Waals surface area contributed by atoms with Gasteiger partial charge in [-0.2, -0.15) is 0 Å². The molecule has 0 aliphatic carbocycles. The number of rotatable bonds is 23. The van der Waals surface area contributed by atoms with Crippen LogP contribution in [0.2, 0.25) is 0 Å². The van der Waals surface area contributed by atoms with Crippen molar-refractivity contribution in [3.8, 4) is 0 Å². The van der Waals surface area contributed by atoms with Gasteiger partial charge in [0.2, 0.25) is 0 Å². The van der Waals surface area contributed by atoms with Gasteiger partial charge in [0.05, 0.1) is 0 Å². The first-order chi connectivity index (χ1) is 22.3. The van der Waals surface area contributed by atoms with Crippen molar-refractivity contribution >= 4 is 628 Å². The zero-order chi connectivity index (χ0) is 39.0. The van der Waals surface area contributed by atoms with Gasteiger partial charge in [0.15, 0.2) is 0 Å². The third-order valence-corrected chi connectivity index (χ3v) is 3640. The normalized spacial score (nSPS) is 19.2. The molecule has 0 radical (unpaired) electrons. The van der Waals surface area contributed by atoms with Gasteiger partial charge in [-0.1, -0.05) is 0 Å². The Labute approximate surface area is 609 Å². The molecule has 0 aromatic heterocycles. The Morgan fingerprint density at radius 3 is 0.458 bits per heavy atom. The minimum atomic E-state index is -0.715. The summed E-state index contributed by atoms with van der Waals surface area (Å²) in [4.78, 5) is 0. The molecule has 0 rings (SSSR count). The summed E-state index contributed by atoms with van der Waals surface area (Å²) in [6.45, 7) is 0. The molecule has 0 saturated heterocycles. The first-order valence-corrected chi connectivity index (χ1v) is 302. The van der Waals surface area contributed by atoms with Crippen LogP contribution in [0.25, 0.3) is 0 Å². The Morgan fingerprint density at radius 1 is 0.208 bits per heavy atom. The Bertz CT molecular complexity index is 863. The molecule has 0 amide bonds. The van der Waals surface area contributed by atoms with Crippen molar-refractivity contribution in [3.63, 3.8) is 0 Å². The van der Waals surface area contributed by atoms with Crippen molar-refractivity contribution < 1.29 is 18.4 Å². The van der Waals surface area contributed by atoms with Crippen LogP contribution in [0.15, 0.2) is 0 Å². The minimum absolute atomic E-state index is 0.0903. The van der Waals surface area contributed by atoms with Crippen LogP contribution >= 0.6 is 628 Å². The molecule has 0 saturated carbocycles. The molecule has 338 valence electrons. The van der Waals surface area contributed by atoms with Gasteiger partial charge in [-0.15, -0.1) is 0 Å². The second kappa shape index (κ2) is 49.8. The molecule has 0 aliphatic heterocycles. The van der Waals surface area contributed by atoms with Gasteiger partial charge in [0.1, 0.15) is 0 Å². The zero-order valence-electron chi connectivity index (χ0n) is 19.1. The van der Waals surface area contributed by atoms with Crippen molar-refractivity contribution in [2.75, 3.05) is 0 Å². The van der Waals surface area contributed by atoms with E-state index >= 15 is 0 Å². The summed E-state index contributed by atoms with van der Waals surface area (Å²) in [7, 11) is -13.1. The molecule has 0 fully saturated rings. The van der Waals surface area contributed by atoms with Crippen molar-refractivity contribution in [1.82, 2.24) is 0 Å². The Balaban J connectivity index is 5.54. The SMILES string of the molecule is [2H][I-]I(I)I(I)I(I)I(I)I(I)I(I)I(I)I(I)I(I)I(I)I(I)I(I)I(I)I(I)I(I)I(I)I(I)I(I)I(I)I(I)I(I)I(I)I(I)I. The molecule has 48 heavy (non-hydrogen) atoms. The van der Waals surface area contributed by atoms with Crippen LogP contribution in [0.3, 0.4) is 0 Å². The Morgan fingerprint density at radius 2 is 0.333 bits per heavy atom. The van der Waals surface area contributed by atoms with Gasteiger partial charge < -0.3 is 0 Å². The summed E-state index contributed by atoms with van der Waals surface area (Å²) >= 11 is 78.0. The summed E-state index contributed by atoms with van der Waals surface area (Å²) in [5, 5.41) is 0. The van der Waals surface area contributed by atoms with Crippen molar-refractivity contribution in [2.24, 2.45) is 0 Å². The van der Waals surface area contributed by atoms with E-state index in [-0.39, 0.29) is 18.4 Å². The molecule has 0 nitrogen and oxygen atoms in total. The summed E-state index contributed by atoms with van der Waals surface area (Å²) < 4.78 is 8.23. The number of hydrogen-bond acceptors (Lipinski definition) is 0. The molecule has 0 spiro atoms. The van der Waals surface area contributed by atoms with Crippen molar-refractivity contribution in [3.05, 3.63) is 0 Å². The predicted molar refractivity (Wildman–Crippen MR) is 660 cm³/mol. The van der Waals surface area contributed by atoms with Gasteiger partial charge in [0, 0.05) is 0 Å². The second-order valence-corrected chi connectivity index (χ2v) is 1120. The van der Waals surface area contributed by atoms with Crippen LogP contribution in [0, 0.1) is 0 Å². The second-order valence-electron chi connectivity index (χ2n) is 3.73. The van der Waals surface area contributed by atoms with Crippen LogP contribution in [0.5, 0.6) is 0 Å². The number of halogens is 48. The molecule has 48 heteroatoms. The van der Waals surface area contributed by atoms with E-state index in [9.17, 15) is 0 Å². The maximum atomic E-state index is 8.23. The van der Waals surface area contributed by atoms with Crippen LogP contribution in [0.4, 0.5) is 0 Å². The summed E-state index contributed by atoms with van der Waals surface area (Å²) in [6.07, 6.45) is 0. The molecular formula is HI48-. The Hall–Kier alpha value is 35.0. The molecule has 0 unspecified atom stereocenters. The van der Waals surface area contributed by atoms with E-state index in [4.69, 9.17) is 0.594 Å². The van der Waals surface area contributed by atoms with E-state index in [2.05, 4.69) is 447 Å². The first-order valence-electron chi connectivity index (χ1n) is 7.09. The molecule has 0 aromatic carbocycles. The first kappa shape index (κ1) is 81.1. The summed E-state index contributed by atoms with van der Waals surface area (Å²) in [6, 6.07) is 0. The van der Waals surface area contributed by atoms with E-state index in [0.717, 1.165) is 0 Å². The molecular weight excluding hydrogens is 6090 g/mol. The van der Waals surface area contributed by atoms with Gasteiger partial charge >= 0.3 is 647 Å². The summed E-state index contributed by atoms with van der Waals surface area (Å²) in [5.41, 5.74) is 0. The molecule has 0 atom stereocenters. The molecule has 0 aromatic rings. The van der Waals surface area contributed by atoms with Gasteiger partial charge in [0.25, 0.3) is 0 Å². The van der Waals surface area contributed by atoms with Crippen LogP contribution in [-0.4, -0.2) is 0.594 Å². The average molecular weight is 6090 g/mol. The maximum absolute atomic E-state index is 8.23. The fourth-order valence-electron chi connectivity index (χ4n) is 0.648. The molecule has 0 N–H and O–H groups in total. The van der Waals surface area contributed by atoms with E-state index in [1.165, 1.54) is 0 Å². The third kappa shape index (κ3) is 34.3. The van der Waals surface area contributed by atoms with Crippen molar-refractivity contribution in [1.29, 1.82) is 0.594 Å². The average Bonchev–Trinajstić information content (AvgIpc) is 3.10. The summed E-state index contributed by atoms with van der Waals surface area (Å²) in [5.74, 6) is 0. The zero-order valence-corrected chi connectivity index (χ0v) is 122. The fourth-order valence-corrected chi connectivity index (χ4v) is 8800. The van der Waals surface area contributed by atoms with E-state index in [0.29, 0.717) is 0 Å². The standard InChI is InChI=1S/HI48/c1-26(2)28(5)30(7)32(9)34(11)36(13)38(15)40(17)42(19)44(21)46(23)48(25)47(24)45(22)43(20)41(18)39(16)37(14)35(12)33(10)31(8)29(6)27(3)4/h1H/q-1/i1D. The van der Waals surface area contributed by atoms with Crippen LogP contribution in [-0.2, 0) is 0 Å². The molecule has 0 bridgehead atoms. The van der Waals surface area contributed by atoms with Crippen molar-refractivity contribution in [2.45, 2.75) is 0 Å². The van der Waals surface area contributed by atoms with Crippen LogP contribution < -0.4 is 18.4 Å². The number of hydrogen-bond donors (Lipinski definition) is 0. The molecule has 0 heterocycles. The van der Waals surface area contributed by atoms with Gasteiger partial charge in [-0.05, 0) is 0 Å². The molecule has 0 aliphatic rings.